The maximum atomic E-state index is 13.5. The highest BCUT2D eigenvalue weighted by Gasteiger charge is 2.13. The van der Waals surface area contributed by atoms with Gasteiger partial charge in [0.1, 0.15) is 24.6 Å². The van der Waals surface area contributed by atoms with Crippen molar-refractivity contribution >= 4 is 34.0 Å². The zero-order valence-electron chi connectivity index (χ0n) is 17.7. The van der Waals surface area contributed by atoms with Gasteiger partial charge in [-0.2, -0.15) is 0 Å². The molecule has 0 fully saturated rings. The van der Waals surface area contributed by atoms with E-state index in [1.165, 1.54) is 18.5 Å². The predicted octanol–water partition coefficient (Wildman–Crippen LogP) is 4.26. The Hall–Kier alpha value is -2.68. The minimum absolute atomic E-state index is 0.0201. The van der Waals surface area contributed by atoms with E-state index in [1.807, 2.05) is 13.0 Å². The van der Waals surface area contributed by atoms with E-state index in [4.69, 9.17) is 21.1 Å². The number of fused-ring (bicyclic) bond motifs is 1. The Labute approximate surface area is 185 Å². The number of methoxy groups -OCH3 is 1. The van der Waals surface area contributed by atoms with E-state index in [-0.39, 0.29) is 5.02 Å². The van der Waals surface area contributed by atoms with Gasteiger partial charge in [-0.15, -0.1) is 0 Å². The van der Waals surface area contributed by atoms with Crippen LogP contribution in [-0.4, -0.2) is 59.4 Å². The number of hydrogen-bond acceptors (Lipinski definition) is 7. The number of benzene rings is 2. The zero-order chi connectivity index (χ0) is 22.4. The fraction of sp³-hybridized carbons (Fsp3) is 0.364. The smallest absolute Gasteiger partial charge is 0.162 e. The van der Waals surface area contributed by atoms with Gasteiger partial charge in [0.25, 0.3) is 0 Å². The molecule has 2 N–H and O–H groups in total. The van der Waals surface area contributed by atoms with Crippen molar-refractivity contribution in [1.82, 2.24) is 14.9 Å². The summed E-state index contributed by atoms with van der Waals surface area (Å²) >= 11 is 5.89. The molecule has 1 atom stereocenters. The summed E-state index contributed by atoms with van der Waals surface area (Å²) in [5, 5.41) is 13.5. The van der Waals surface area contributed by atoms with Gasteiger partial charge in [0.15, 0.2) is 11.5 Å². The summed E-state index contributed by atoms with van der Waals surface area (Å²) in [6.07, 6.45) is 1.03. The van der Waals surface area contributed by atoms with Crippen LogP contribution >= 0.6 is 11.6 Å². The molecule has 0 bridgehead atoms. The van der Waals surface area contributed by atoms with Gasteiger partial charge in [-0.1, -0.05) is 18.5 Å². The second-order valence-electron chi connectivity index (χ2n) is 7.09. The van der Waals surface area contributed by atoms with Gasteiger partial charge in [0.05, 0.1) is 23.8 Å². The number of aromatic nitrogens is 2. The highest BCUT2D eigenvalue weighted by atomic mass is 35.5. The normalized spacial score (nSPS) is 12.2. The van der Waals surface area contributed by atoms with Crippen LogP contribution in [0.5, 0.6) is 11.5 Å². The van der Waals surface area contributed by atoms with Crippen molar-refractivity contribution in [3.05, 3.63) is 47.5 Å². The summed E-state index contributed by atoms with van der Waals surface area (Å²) in [6, 6.07) is 7.96. The molecule has 0 aliphatic rings. The molecule has 1 aromatic heterocycles. The second kappa shape index (κ2) is 10.6. The molecule has 31 heavy (non-hydrogen) atoms. The average molecular weight is 449 g/mol. The fourth-order valence-corrected chi connectivity index (χ4v) is 3.36. The molecular formula is C22H26ClFN4O3. The summed E-state index contributed by atoms with van der Waals surface area (Å²) in [7, 11) is 1.57. The van der Waals surface area contributed by atoms with E-state index in [9.17, 15) is 9.50 Å². The van der Waals surface area contributed by atoms with E-state index < -0.39 is 11.9 Å². The Kier molecular flexibility index (Phi) is 7.84. The monoisotopic (exact) mass is 448 g/mol. The third kappa shape index (κ3) is 5.94. The van der Waals surface area contributed by atoms with Gasteiger partial charge in [-0.05, 0) is 37.7 Å². The average Bonchev–Trinajstić information content (AvgIpc) is 2.75. The molecule has 9 heteroatoms. The quantitative estimate of drug-likeness (QED) is 0.479. The number of halogens is 2. The Bertz CT molecular complexity index is 1040. The number of ether oxygens (including phenoxy) is 2. The molecule has 0 saturated carbocycles. The Morgan fingerprint density at radius 2 is 2.03 bits per heavy atom. The SMILES string of the molecule is CCN(CCOc1cc2c(Nc3ccc(F)c(Cl)c3)ncnc2cc1OC)CC(C)O. The molecule has 2 aromatic carbocycles. The van der Waals surface area contributed by atoms with E-state index in [0.29, 0.717) is 48.2 Å². The summed E-state index contributed by atoms with van der Waals surface area (Å²) < 4.78 is 24.9. The van der Waals surface area contributed by atoms with Gasteiger partial charge in [-0.3, -0.25) is 4.90 Å². The van der Waals surface area contributed by atoms with Crippen LogP contribution in [0.15, 0.2) is 36.7 Å². The predicted molar refractivity (Wildman–Crippen MR) is 120 cm³/mol. The van der Waals surface area contributed by atoms with Crippen molar-refractivity contribution in [2.45, 2.75) is 20.0 Å². The molecule has 0 spiro atoms. The van der Waals surface area contributed by atoms with Crippen LogP contribution in [-0.2, 0) is 0 Å². The summed E-state index contributed by atoms with van der Waals surface area (Å²) in [6.45, 7) is 6.27. The number of aliphatic hydroxyl groups is 1. The number of nitrogens with zero attached hydrogens (tertiary/aromatic N) is 3. The van der Waals surface area contributed by atoms with Crippen LogP contribution in [0.2, 0.25) is 5.02 Å². The van der Waals surface area contributed by atoms with Crippen LogP contribution in [0.1, 0.15) is 13.8 Å². The Morgan fingerprint density at radius 3 is 2.71 bits per heavy atom. The highest BCUT2D eigenvalue weighted by molar-refractivity contribution is 6.31. The summed E-state index contributed by atoms with van der Waals surface area (Å²) in [5.41, 5.74) is 1.26. The van der Waals surface area contributed by atoms with Crippen molar-refractivity contribution < 1.29 is 19.0 Å². The highest BCUT2D eigenvalue weighted by Crippen LogP contribution is 2.35. The van der Waals surface area contributed by atoms with Gasteiger partial charge < -0.3 is 19.9 Å². The number of hydrogen-bond donors (Lipinski definition) is 2. The molecule has 0 aliphatic carbocycles. The number of rotatable bonds is 10. The Morgan fingerprint density at radius 1 is 1.23 bits per heavy atom. The lowest BCUT2D eigenvalue weighted by molar-refractivity contribution is 0.118. The zero-order valence-corrected chi connectivity index (χ0v) is 18.5. The van der Waals surface area contributed by atoms with Crippen molar-refractivity contribution in [2.24, 2.45) is 0 Å². The topological polar surface area (TPSA) is 79.7 Å². The molecule has 3 aromatic rings. The summed E-state index contributed by atoms with van der Waals surface area (Å²) in [4.78, 5) is 10.7. The fourth-order valence-electron chi connectivity index (χ4n) is 3.18. The largest absolute Gasteiger partial charge is 0.493 e. The molecule has 0 saturated heterocycles. The van der Waals surface area contributed by atoms with Crippen LogP contribution in [0.4, 0.5) is 15.9 Å². The van der Waals surface area contributed by atoms with E-state index in [1.54, 1.807) is 26.2 Å². The molecule has 7 nitrogen and oxygen atoms in total. The van der Waals surface area contributed by atoms with Crippen molar-refractivity contribution in [3.63, 3.8) is 0 Å². The number of anilines is 2. The summed E-state index contributed by atoms with van der Waals surface area (Å²) in [5.74, 6) is 1.15. The first-order valence-electron chi connectivity index (χ1n) is 9.99. The van der Waals surface area contributed by atoms with Crippen LogP contribution in [0, 0.1) is 5.82 Å². The lowest BCUT2D eigenvalue weighted by atomic mass is 10.2. The van der Waals surface area contributed by atoms with Crippen molar-refractivity contribution in [1.29, 1.82) is 0 Å². The van der Waals surface area contributed by atoms with Gasteiger partial charge in [0.2, 0.25) is 0 Å². The lowest BCUT2D eigenvalue weighted by Gasteiger charge is -2.22. The van der Waals surface area contributed by atoms with Crippen molar-refractivity contribution in [2.75, 3.05) is 38.7 Å². The number of likely N-dealkylation sites (N-methyl/N-ethyl adjacent to an activating group) is 1. The maximum absolute atomic E-state index is 13.5. The lowest BCUT2D eigenvalue weighted by Crippen LogP contribution is -2.34. The molecule has 1 heterocycles. The first-order chi connectivity index (χ1) is 14.9. The third-order valence-corrected chi connectivity index (χ3v) is 5.03. The molecule has 166 valence electrons. The molecule has 3 rings (SSSR count). The number of aliphatic hydroxyl groups excluding tert-OH is 1. The second-order valence-corrected chi connectivity index (χ2v) is 7.49. The van der Waals surface area contributed by atoms with Crippen LogP contribution in [0.3, 0.4) is 0 Å². The molecule has 0 aliphatic heterocycles. The van der Waals surface area contributed by atoms with Gasteiger partial charge in [0, 0.05) is 30.2 Å². The first-order valence-corrected chi connectivity index (χ1v) is 10.4. The van der Waals surface area contributed by atoms with Crippen molar-refractivity contribution in [3.8, 4) is 11.5 Å². The van der Waals surface area contributed by atoms with E-state index in [0.717, 1.165) is 11.9 Å². The Balaban J connectivity index is 1.84. The maximum Gasteiger partial charge on any atom is 0.162 e. The molecule has 0 radical (unpaired) electrons. The minimum atomic E-state index is -0.489. The standard InChI is InChI=1S/C22H26ClFN4O3/c1-4-28(12-14(2)29)7-8-31-21-10-16-19(11-20(21)30-3)25-13-26-22(16)27-15-5-6-18(24)17(23)9-15/h5-6,9-11,13-14,29H,4,7-8,12H2,1-3H3,(H,25,26,27). The molecule has 1 unspecified atom stereocenters. The van der Waals surface area contributed by atoms with Crippen LogP contribution < -0.4 is 14.8 Å². The minimum Gasteiger partial charge on any atom is -0.493 e. The third-order valence-electron chi connectivity index (χ3n) is 4.74. The molecular weight excluding hydrogens is 423 g/mol. The first kappa shape index (κ1) is 23.0. The van der Waals surface area contributed by atoms with E-state index in [2.05, 4.69) is 20.2 Å². The van der Waals surface area contributed by atoms with Gasteiger partial charge >= 0.3 is 0 Å². The molecule has 0 amide bonds. The van der Waals surface area contributed by atoms with Crippen LogP contribution in [0.25, 0.3) is 10.9 Å². The van der Waals surface area contributed by atoms with E-state index >= 15 is 0 Å². The van der Waals surface area contributed by atoms with Gasteiger partial charge in [-0.25, -0.2) is 14.4 Å². The number of nitrogens with one attached hydrogen (secondary N) is 1.